The maximum Gasteiger partial charge on any atom is 0.226 e. The molecule has 1 heterocycles. The zero-order valence-corrected chi connectivity index (χ0v) is 17.6. The summed E-state index contributed by atoms with van der Waals surface area (Å²) in [6, 6.07) is 4.93. The second kappa shape index (κ2) is 9.29. The third-order valence-electron chi connectivity index (χ3n) is 5.50. The third kappa shape index (κ3) is 4.58. The van der Waals surface area contributed by atoms with Crippen LogP contribution in [0.5, 0.6) is 0 Å². The Bertz CT molecular complexity index is 975. The van der Waals surface area contributed by atoms with Crippen molar-refractivity contribution in [3.8, 4) is 6.07 Å². The number of rotatable bonds is 5. The minimum atomic E-state index is -3.95. The van der Waals surface area contributed by atoms with E-state index in [4.69, 9.17) is 21.6 Å². The standard InChI is InChI=1S/C19H21ClFN3O5S/c20-16-11-12(1-2-17(16)21)30(27,28)13-9-14(18(25)23-4-3-22)15(10-13)19(26)24-5-7-29-8-6-24/h1-2,11,13-15H,4-10H2,(H,23,25)/t13-,14-,15-/m1/s1. The fourth-order valence-electron chi connectivity index (χ4n) is 3.93. The number of nitrogens with one attached hydrogen (secondary N) is 1. The molecule has 2 aliphatic rings. The van der Waals surface area contributed by atoms with Crippen LogP contribution in [0, 0.1) is 29.0 Å². The number of amides is 2. The lowest BCUT2D eigenvalue weighted by atomic mass is 9.93. The summed E-state index contributed by atoms with van der Waals surface area (Å²) in [6.07, 6.45) is -0.118. The van der Waals surface area contributed by atoms with Crippen molar-refractivity contribution in [2.45, 2.75) is 23.0 Å². The van der Waals surface area contributed by atoms with Gasteiger partial charge in [0.1, 0.15) is 12.4 Å². The van der Waals surface area contributed by atoms with Gasteiger partial charge >= 0.3 is 0 Å². The van der Waals surface area contributed by atoms with Crippen LogP contribution in [0.4, 0.5) is 4.39 Å². The van der Waals surface area contributed by atoms with Crippen LogP contribution < -0.4 is 5.32 Å². The lowest BCUT2D eigenvalue weighted by Crippen LogP contribution is -2.46. The first-order valence-corrected chi connectivity index (χ1v) is 11.4. The first kappa shape index (κ1) is 22.5. The van der Waals surface area contributed by atoms with Crippen molar-refractivity contribution in [3.63, 3.8) is 0 Å². The quantitative estimate of drug-likeness (QED) is 0.523. The Balaban J connectivity index is 1.87. The molecular weight excluding hydrogens is 437 g/mol. The van der Waals surface area contributed by atoms with E-state index in [1.54, 1.807) is 11.0 Å². The molecule has 1 aliphatic carbocycles. The van der Waals surface area contributed by atoms with Gasteiger partial charge in [0.2, 0.25) is 11.8 Å². The van der Waals surface area contributed by atoms with E-state index in [1.165, 1.54) is 0 Å². The smallest absolute Gasteiger partial charge is 0.226 e. The molecule has 162 valence electrons. The molecule has 1 N–H and O–H groups in total. The van der Waals surface area contributed by atoms with Gasteiger partial charge in [0, 0.05) is 13.1 Å². The van der Waals surface area contributed by atoms with E-state index < -0.39 is 38.6 Å². The van der Waals surface area contributed by atoms with E-state index in [0.29, 0.717) is 26.3 Å². The van der Waals surface area contributed by atoms with Crippen molar-refractivity contribution < 1.29 is 27.1 Å². The predicted molar refractivity (Wildman–Crippen MR) is 105 cm³/mol. The van der Waals surface area contributed by atoms with E-state index >= 15 is 0 Å². The molecule has 0 radical (unpaired) electrons. The summed E-state index contributed by atoms with van der Waals surface area (Å²) in [5.74, 6) is -3.29. The van der Waals surface area contributed by atoms with Gasteiger partial charge in [-0.3, -0.25) is 9.59 Å². The molecular formula is C19H21ClFN3O5S. The van der Waals surface area contributed by atoms with Crippen molar-refractivity contribution in [1.82, 2.24) is 10.2 Å². The molecule has 1 saturated heterocycles. The topological polar surface area (TPSA) is 117 Å². The number of morpholine rings is 1. The highest BCUT2D eigenvalue weighted by Crippen LogP contribution is 2.40. The average molecular weight is 458 g/mol. The highest BCUT2D eigenvalue weighted by atomic mass is 35.5. The van der Waals surface area contributed by atoms with Gasteiger partial charge in [-0.2, -0.15) is 5.26 Å². The van der Waals surface area contributed by atoms with E-state index in [1.807, 2.05) is 0 Å². The van der Waals surface area contributed by atoms with Gasteiger partial charge in [-0.25, -0.2) is 12.8 Å². The van der Waals surface area contributed by atoms with E-state index in [0.717, 1.165) is 18.2 Å². The van der Waals surface area contributed by atoms with Gasteiger partial charge < -0.3 is 15.0 Å². The lowest BCUT2D eigenvalue weighted by molar-refractivity contribution is -0.144. The van der Waals surface area contributed by atoms with Crippen LogP contribution in [0.2, 0.25) is 5.02 Å². The minimum absolute atomic E-state index is 0.0435. The highest BCUT2D eigenvalue weighted by Gasteiger charge is 2.48. The van der Waals surface area contributed by atoms with E-state index in [2.05, 4.69) is 5.32 Å². The SMILES string of the molecule is N#CCNC(=O)[C@@H]1C[C@@H](S(=O)(=O)c2ccc(F)c(Cl)c2)C[C@H]1C(=O)N1CCOCC1. The second-order valence-electron chi connectivity index (χ2n) is 7.24. The average Bonchev–Trinajstić information content (AvgIpc) is 3.20. The number of benzene rings is 1. The summed E-state index contributed by atoms with van der Waals surface area (Å²) >= 11 is 5.74. The van der Waals surface area contributed by atoms with Gasteiger partial charge in [-0.05, 0) is 31.0 Å². The molecule has 1 saturated carbocycles. The zero-order valence-electron chi connectivity index (χ0n) is 16.0. The molecule has 8 nitrogen and oxygen atoms in total. The normalized spacial score (nSPS) is 24.3. The van der Waals surface area contributed by atoms with Crippen LogP contribution in [0.25, 0.3) is 0 Å². The molecule has 2 fully saturated rings. The summed E-state index contributed by atoms with van der Waals surface area (Å²) in [7, 11) is -3.95. The number of nitriles is 1. The van der Waals surface area contributed by atoms with E-state index in [9.17, 15) is 22.4 Å². The van der Waals surface area contributed by atoms with Gasteiger partial charge in [0.15, 0.2) is 9.84 Å². The van der Waals surface area contributed by atoms with Crippen molar-refractivity contribution in [2.75, 3.05) is 32.8 Å². The maximum absolute atomic E-state index is 13.5. The second-order valence-corrected chi connectivity index (χ2v) is 9.88. The molecule has 11 heteroatoms. The van der Waals surface area contributed by atoms with E-state index in [-0.39, 0.29) is 35.2 Å². The number of ether oxygens (including phenoxy) is 1. The number of halogens is 2. The third-order valence-corrected chi connectivity index (χ3v) is 7.96. The van der Waals surface area contributed by atoms with Crippen molar-refractivity contribution in [3.05, 3.63) is 29.0 Å². The summed E-state index contributed by atoms with van der Waals surface area (Å²) in [5, 5.41) is 9.82. The molecule has 3 atom stereocenters. The summed E-state index contributed by atoms with van der Waals surface area (Å²) in [5.41, 5.74) is 0. The minimum Gasteiger partial charge on any atom is -0.378 e. The van der Waals surface area contributed by atoms with Gasteiger partial charge in [0.25, 0.3) is 0 Å². The Morgan fingerprint density at radius 1 is 1.27 bits per heavy atom. The number of sulfone groups is 1. The molecule has 0 unspecified atom stereocenters. The molecule has 30 heavy (non-hydrogen) atoms. The van der Waals surface area contributed by atoms with Crippen molar-refractivity contribution in [2.24, 2.45) is 11.8 Å². The van der Waals surface area contributed by atoms with Gasteiger partial charge in [0.05, 0.1) is 46.3 Å². The Hall–Kier alpha value is -2.22. The largest absolute Gasteiger partial charge is 0.378 e. The number of hydrogen-bond donors (Lipinski definition) is 1. The Morgan fingerprint density at radius 2 is 1.93 bits per heavy atom. The first-order valence-electron chi connectivity index (χ1n) is 9.46. The summed E-state index contributed by atoms with van der Waals surface area (Å²) in [6.45, 7) is 1.25. The van der Waals surface area contributed by atoms with Crippen LogP contribution in [0.15, 0.2) is 23.1 Å². The molecule has 1 aliphatic heterocycles. The van der Waals surface area contributed by atoms with Crippen LogP contribution in [-0.4, -0.2) is 63.2 Å². The Morgan fingerprint density at radius 3 is 2.57 bits per heavy atom. The first-order chi connectivity index (χ1) is 14.3. The van der Waals surface area contributed by atoms with Gasteiger partial charge in [-0.15, -0.1) is 0 Å². The highest BCUT2D eigenvalue weighted by molar-refractivity contribution is 7.92. The maximum atomic E-state index is 13.5. The number of hydrogen-bond acceptors (Lipinski definition) is 6. The summed E-state index contributed by atoms with van der Waals surface area (Å²) < 4.78 is 44.9. The molecule has 0 spiro atoms. The zero-order chi connectivity index (χ0) is 21.9. The van der Waals surface area contributed by atoms with Crippen LogP contribution >= 0.6 is 11.6 Å². The van der Waals surface area contributed by atoms with Gasteiger partial charge in [-0.1, -0.05) is 11.6 Å². The molecule has 0 aromatic heterocycles. The van der Waals surface area contributed by atoms with Crippen molar-refractivity contribution >= 4 is 33.3 Å². The monoisotopic (exact) mass is 457 g/mol. The Kier molecular flexibility index (Phi) is 6.95. The molecule has 3 rings (SSSR count). The predicted octanol–water partition coefficient (Wildman–Crippen LogP) is 1.15. The molecule has 1 aromatic carbocycles. The lowest BCUT2D eigenvalue weighted by Gasteiger charge is -2.30. The number of nitrogens with zero attached hydrogens (tertiary/aromatic N) is 2. The number of carbonyl (C=O) groups is 2. The fourth-order valence-corrected chi connectivity index (χ4v) is 6.02. The summed E-state index contributed by atoms with van der Waals surface area (Å²) in [4.78, 5) is 27.1. The fraction of sp³-hybridized carbons (Fsp3) is 0.526. The molecule has 2 amide bonds. The van der Waals surface area contributed by atoms with Crippen LogP contribution in [-0.2, 0) is 24.2 Å². The number of carbonyl (C=O) groups excluding carboxylic acids is 2. The van der Waals surface area contributed by atoms with Crippen molar-refractivity contribution in [1.29, 1.82) is 5.26 Å². The molecule has 1 aromatic rings. The van der Waals surface area contributed by atoms with Crippen LogP contribution in [0.1, 0.15) is 12.8 Å². The molecule has 0 bridgehead atoms. The van der Waals surface area contributed by atoms with Crippen LogP contribution in [0.3, 0.4) is 0 Å². The Labute approximate surface area is 178 Å².